The quantitative estimate of drug-likeness (QED) is 0.150. The third kappa shape index (κ3) is 5.12. The van der Waals surface area contributed by atoms with E-state index in [9.17, 15) is 13.6 Å². The van der Waals surface area contributed by atoms with E-state index in [1.807, 2.05) is 0 Å². The summed E-state index contributed by atoms with van der Waals surface area (Å²) in [6.45, 7) is 3.58. The number of amides is 1. The van der Waals surface area contributed by atoms with E-state index in [1.54, 1.807) is 24.5 Å². The van der Waals surface area contributed by atoms with Crippen molar-refractivity contribution >= 4 is 62.9 Å². The Hall–Kier alpha value is -2.47. The maximum absolute atomic E-state index is 15.4. The lowest BCUT2D eigenvalue weighted by Gasteiger charge is -2.17. The summed E-state index contributed by atoms with van der Waals surface area (Å²) in [5, 5.41) is 10.1. The molecule has 8 nitrogen and oxygen atoms in total. The van der Waals surface area contributed by atoms with Gasteiger partial charge in [0, 0.05) is 29.4 Å². The molecule has 1 saturated carbocycles. The van der Waals surface area contributed by atoms with Crippen LogP contribution in [-0.2, 0) is 4.79 Å². The summed E-state index contributed by atoms with van der Waals surface area (Å²) < 4.78 is 46.8. The Morgan fingerprint density at radius 2 is 1.94 bits per heavy atom. The number of hydrogen-bond donors (Lipinski definition) is 2. The second-order valence-corrected chi connectivity index (χ2v) is 10.1. The van der Waals surface area contributed by atoms with E-state index >= 15 is 4.39 Å². The summed E-state index contributed by atoms with van der Waals surface area (Å²) in [7, 11) is 0. The minimum atomic E-state index is -3.08. The molecule has 2 N–H and O–H groups in total. The van der Waals surface area contributed by atoms with Crippen molar-refractivity contribution in [2.24, 2.45) is 0 Å². The average molecular weight is 603 g/mol. The van der Waals surface area contributed by atoms with Gasteiger partial charge in [0.1, 0.15) is 5.52 Å². The highest BCUT2D eigenvalue weighted by atomic mass is 127. The molecule has 1 aliphatic rings. The van der Waals surface area contributed by atoms with Crippen molar-refractivity contribution in [2.45, 2.75) is 45.6 Å². The Balaban J connectivity index is 0.000000846. The van der Waals surface area contributed by atoms with E-state index in [0.29, 0.717) is 17.4 Å². The van der Waals surface area contributed by atoms with Crippen LogP contribution in [0.2, 0.25) is 0 Å². The summed E-state index contributed by atoms with van der Waals surface area (Å²) in [4.78, 5) is 19.1. The summed E-state index contributed by atoms with van der Waals surface area (Å²) in [6, 6.07) is -0.189. The van der Waals surface area contributed by atoms with E-state index in [1.165, 1.54) is 42.3 Å². The summed E-state index contributed by atoms with van der Waals surface area (Å²) in [5.41, 5.74) is -0.0484. The Labute approximate surface area is 208 Å². The number of hydrogen-bond acceptors (Lipinski definition) is 5. The van der Waals surface area contributed by atoms with Gasteiger partial charge in [0.05, 0.1) is 35.7 Å². The van der Waals surface area contributed by atoms with Crippen LogP contribution in [0.15, 0.2) is 24.8 Å². The zero-order valence-electron chi connectivity index (χ0n) is 18.3. The Morgan fingerprint density at radius 3 is 2.53 bits per heavy atom. The molecular formula is C21H22F3IN7OP. The molecule has 0 radical (unpaired) electrons. The molecular weight excluding hydrogens is 581 g/mol. The average Bonchev–Trinajstić information content (AvgIpc) is 3.53. The predicted molar refractivity (Wildman–Crippen MR) is 137 cm³/mol. The number of fused-ring (bicyclic) bond motifs is 2. The Kier molecular flexibility index (Phi) is 7.56. The van der Waals surface area contributed by atoms with Crippen molar-refractivity contribution in [1.29, 1.82) is 0 Å². The number of nitrogens with one attached hydrogen (secondary N) is 2. The molecule has 0 spiro atoms. The normalized spacial score (nSPS) is 13.2. The second kappa shape index (κ2) is 10.4. The van der Waals surface area contributed by atoms with Crippen LogP contribution in [0.3, 0.4) is 0 Å². The monoisotopic (exact) mass is 603 g/mol. The Morgan fingerprint density at radius 1 is 1.21 bits per heavy atom. The standard InChI is InChI=1S/C18H16F3IN7OP.C3H6/c1-8(2)25-17-15(19)14(18(20)21)13(9-4-29(31-22)27-16(9)17)10-5-28-6-11(24-7-30)26-12(28)3-23-10;1-2-3-1/h3-8,18,25,31H,1-2H3,(H,24,30);1-3H2. The van der Waals surface area contributed by atoms with Crippen molar-refractivity contribution in [1.82, 2.24) is 23.9 Å². The van der Waals surface area contributed by atoms with E-state index in [4.69, 9.17) is 0 Å². The van der Waals surface area contributed by atoms with Crippen molar-refractivity contribution in [3.63, 3.8) is 0 Å². The smallest absolute Gasteiger partial charge is 0.267 e. The summed E-state index contributed by atoms with van der Waals surface area (Å²) >= 11 is 2.11. The number of carbonyl (C=O) groups excluding carboxylic acids is 1. The van der Waals surface area contributed by atoms with Gasteiger partial charge in [0.2, 0.25) is 6.41 Å². The molecule has 1 aliphatic carbocycles. The molecule has 1 aromatic carbocycles. The highest BCUT2D eigenvalue weighted by Crippen LogP contribution is 2.43. The van der Waals surface area contributed by atoms with Crippen LogP contribution in [0.25, 0.3) is 27.8 Å². The lowest BCUT2D eigenvalue weighted by Crippen LogP contribution is -2.13. The number of rotatable bonds is 7. The number of imidazole rings is 1. The Bertz CT molecular complexity index is 1340. The third-order valence-electron chi connectivity index (χ3n) is 4.84. The molecule has 180 valence electrons. The maximum atomic E-state index is 15.4. The van der Waals surface area contributed by atoms with Crippen LogP contribution in [0, 0.1) is 5.82 Å². The van der Waals surface area contributed by atoms with Gasteiger partial charge in [0.25, 0.3) is 6.43 Å². The van der Waals surface area contributed by atoms with Gasteiger partial charge >= 0.3 is 0 Å². The van der Waals surface area contributed by atoms with Crippen molar-refractivity contribution < 1.29 is 18.0 Å². The molecule has 1 unspecified atom stereocenters. The van der Waals surface area contributed by atoms with Crippen LogP contribution in [0.5, 0.6) is 0 Å². The fraction of sp³-hybridized carbons (Fsp3) is 0.333. The highest BCUT2D eigenvalue weighted by molar-refractivity contribution is 14.2. The molecule has 4 aromatic rings. The van der Waals surface area contributed by atoms with Crippen molar-refractivity contribution in [3.05, 3.63) is 36.2 Å². The fourth-order valence-corrected chi connectivity index (χ4v) is 4.39. The molecule has 3 aromatic heterocycles. The van der Waals surface area contributed by atoms with Crippen molar-refractivity contribution in [3.8, 4) is 11.3 Å². The fourth-order valence-electron chi connectivity index (χ4n) is 3.34. The molecule has 0 saturated heterocycles. The number of alkyl halides is 2. The van der Waals surface area contributed by atoms with Crippen LogP contribution in [0.4, 0.5) is 24.7 Å². The first-order valence-corrected chi connectivity index (χ1v) is 14.6. The number of carbonyl (C=O) groups is 1. The molecule has 0 bridgehead atoms. The summed E-state index contributed by atoms with van der Waals surface area (Å²) in [5.74, 6) is -0.779. The van der Waals surface area contributed by atoms with Gasteiger partial charge in [-0.3, -0.25) is 9.78 Å². The van der Waals surface area contributed by atoms with Gasteiger partial charge < -0.3 is 15.0 Å². The molecule has 0 aliphatic heterocycles. The van der Waals surface area contributed by atoms with E-state index in [0.717, 1.165) is 0 Å². The van der Waals surface area contributed by atoms with Gasteiger partial charge in [-0.25, -0.2) is 22.6 Å². The first-order chi connectivity index (χ1) is 16.3. The zero-order valence-corrected chi connectivity index (χ0v) is 21.5. The molecule has 5 rings (SSSR count). The van der Waals surface area contributed by atoms with Gasteiger partial charge in [-0.05, 0) is 35.9 Å². The van der Waals surface area contributed by atoms with Gasteiger partial charge in [-0.2, -0.15) is 5.10 Å². The second-order valence-electron chi connectivity index (χ2n) is 7.98. The molecule has 13 heteroatoms. The highest BCUT2D eigenvalue weighted by Gasteiger charge is 2.29. The zero-order chi connectivity index (χ0) is 24.4. The lowest BCUT2D eigenvalue weighted by molar-refractivity contribution is -0.105. The van der Waals surface area contributed by atoms with Gasteiger partial charge in [-0.1, -0.05) is 19.3 Å². The SMILES string of the molecule is C1CC1.CC(C)Nc1c(F)c(C(F)F)c(-c2cn3cc(NC=O)nc3cn2)c2cn(PI)nc12. The first kappa shape index (κ1) is 24.6. The molecule has 1 amide bonds. The minimum absolute atomic E-state index is 0.0294. The molecule has 1 fully saturated rings. The first-order valence-electron chi connectivity index (χ1n) is 10.5. The largest absolute Gasteiger partial charge is 0.379 e. The van der Waals surface area contributed by atoms with Crippen LogP contribution in [-0.4, -0.2) is 36.4 Å². The number of aromatic nitrogens is 5. The predicted octanol–water partition coefficient (Wildman–Crippen LogP) is 6.17. The summed E-state index contributed by atoms with van der Waals surface area (Å²) in [6.07, 6.45) is 8.06. The molecule has 34 heavy (non-hydrogen) atoms. The van der Waals surface area contributed by atoms with Crippen molar-refractivity contribution in [2.75, 3.05) is 10.6 Å². The minimum Gasteiger partial charge on any atom is -0.379 e. The van der Waals surface area contributed by atoms with E-state index < -0.39 is 17.8 Å². The van der Waals surface area contributed by atoms with Gasteiger partial charge in [0.15, 0.2) is 17.3 Å². The topological polar surface area (TPSA) is 89.1 Å². The van der Waals surface area contributed by atoms with Crippen LogP contribution in [0.1, 0.15) is 45.1 Å². The van der Waals surface area contributed by atoms with Crippen LogP contribution >= 0.6 is 28.4 Å². The molecule has 1 atom stereocenters. The maximum Gasteiger partial charge on any atom is 0.267 e. The molecule has 3 heterocycles. The number of anilines is 2. The van der Waals surface area contributed by atoms with Gasteiger partial charge in [-0.15, -0.1) is 0 Å². The van der Waals surface area contributed by atoms with E-state index in [2.05, 4.69) is 47.7 Å². The third-order valence-corrected chi connectivity index (χ3v) is 6.73. The lowest BCUT2D eigenvalue weighted by atomic mass is 9.98. The number of halogens is 4. The number of benzene rings is 1. The number of nitrogens with zero attached hydrogens (tertiary/aromatic N) is 5. The van der Waals surface area contributed by atoms with E-state index in [-0.39, 0.29) is 40.7 Å². The van der Waals surface area contributed by atoms with Crippen LogP contribution < -0.4 is 10.6 Å².